The molecule has 2 rings (SSSR count). The highest BCUT2D eigenvalue weighted by molar-refractivity contribution is 9.10. The van der Waals surface area contributed by atoms with Crippen LogP contribution in [0.3, 0.4) is 0 Å². The SMILES string of the molecule is Cc1cnc(C(C)Nc2ncncc2Br)o1. The first-order valence-electron chi connectivity index (χ1n) is 4.81. The van der Waals surface area contributed by atoms with E-state index < -0.39 is 0 Å². The average molecular weight is 283 g/mol. The van der Waals surface area contributed by atoms with E-state index in [9.17, 15) is 0 Å². The van der Waals surface area contributed by atoms with Gasteiger partial charge in [0.25, 0.3) is 0 Å². The van der Waals surface area contributed by atoms with Gasteiger partial charge in [-0.15, -0.1) is 0 Å². The van der Waals surface area contributed by atoms with E-state index >= 15 is 0 Å². The number of aryl methyl sites for hydroxylation is 1. The predicted octanol–water partition coefficient (Wildman–Crippen LogP) is 2.71. The Labute approximate surface area is 101 Å². The lowest BCUT2D eigenvalue weighted by Gasteiger charge is -2.11. The van der Waals surface area contributed by atoms with Gasteiger partial charge in [-0.3, -0.25) is 0 Å². The fraction of sp³-hybridized carbons (Fsp3) is 0.300. The number of hydrogen-bond acceptors (Lipinski definition) is 5. The molecule has 6 heteroatoms. The van der Waals surface area contributed by atoms with Crippen LogP contribution in [-0.4, -0.2) is 15.0 Å². The highest BCUT2D eigenvalue weighted by atomic mass is 79.9. The first-order chi connectivity index (χ1) is 7.66. The molecule has 5 nitrogen and oxygen atoms in total. The zero-order valence-electron chi connectivity index (χ0n) is 8.94. The quantitative estimate of drug-likeness (QED) is 0.938. The van der Waals surface area contributed by atoms with Crippen LogP contribution in [0.25, 0.3) is 0 Å². The number of nitrogens with one attached hydrogen (secondary N) is 1. The Balaban J connectivity index is 2.13. The maximum atomic E-state index is 5.43. The lowest BCUT2D eigenvalue weighted by atomic mass is 10.3. The molecule has 2 aromatic rings. The van der Waals surface area contributed by atoms with Crippen LogP contribution in [0.1, 0.15) is 24.6 Å². The number of nitrogens with zero attached hydrogens (tertiary/aromatic N) is 3. The van der Waals surface area contributed by atoms with Crippen LogP contribution in [0, 0.1) is 6.92 Å². The molecule has 1 unspecified atom stereocenters. The third-order valence-corrected chi connectivity index (χ3v) is 2.61. The summed E-state index contributed by atoms with van der Waals surface area (Å²) in [5, 5.41) is 3.19. The normalized spacial score (nSPS) is 12.4. The molecule has 0 aliphatic heterocycles. The van der Waals surface area contributed by atoms with Crippen molar-refractivity contribution in [3.8, 4) is 0 Å². The Bertz CT molecular complexity index is 485. The van der Waals surface area contributed by atoms with Crippen LogP contribution in [-0.2, 0) is 0 Å². The number of aromatic nitrogens is 3. The Morgan fingerprint density at radius 1 is 1.38 bits per heavy atom. The van der Waals surface area contributed by atoms with Crippen molar-refractivity contribution in [1.29, 1.82) is 0 Å². The molecule has 1 atom stereocenters. The summed E-state index contributed by atoms with van der Waals surface area (Å²) in [5.74, 6) is 2.16. The minimum atomic E-state index is -0.0418. The van der Waals surface area contributed by atoms with Crippen molar-refractivity contribution in [1.82, 2.24) is 15.0 Å². The summed E-state index contributed by atoms with van der Waals surface area (Å²) in [5.41, 5.74) is 0. The van der Waals surface area contributed by atoms with Crippen molar-refractivity contribution in [2.24, 2.45) is 0 Å². The van der Waals surface area contributed by atoms with Crippen molar-refractivity contribution in [3.63, 3.8) is 0 Å². The first kappa shape index (κ1) is 11.1. The summed E-state index contributed by atoms with van der Waals surface area (Å²) < 4.78 is 6.24. The summed E-state index contributed by atoms with van der Waals surface area (Å²) in [7, 11) is 0. The van der Waals surface area contributed by atoms with Crippen LogP contribution in [0.4, 0.5) is 5.82 Å². The molecular weight excluding hydrogens is 272 g/mol. The smallest absolute Gasteiger partial charge is 0.216 e. The largest absolute Gasteiger partial charge is 0.444 e. The zero-order valence-corrected chi connectivity index (χ0v) is 10.5. The lowest BCUT2D eigenvalue weighted by Crippen LogP contribution is -2.08. The molecule has 0 amide bonds. The molecule has 0 aromatic carbocycles. The number of oxazole rings is 1. The third kappa shape index (κ3) is 2.38. The van der Waals surface area contributed by atoms with Gasteiger partial charge in [-0.25, -0.2) is 15.0 Å². The number of halogens is 1. The fourth-order valence-electron chi connectivity index (χ4n) is 1.26. The summed E-state index contributed by atoms with van der Waals surface area (Å²) in [6.45, 7) is 3.82. The Kier molecular flexibility index (Phi) is 3.19. The highest BCUT2D eigenvalue weighted by Crippen LogP contribution is 2.22. The fourth-order valence-corrected chi connectivity index (χ4v) is 1.59. The highest BCUT2D eigenvalue weighted by Gasteiger charge is 2.12. The molecule has 0 bridgehead atoms. The molecule has 2 aromatic heterocycles. The van der Waals surface area contributed by atoms with E-state index in [1.54, 1.807) is 12.4 Å². The van der Waals surface area contributed by atoms with Crippen molar-refractivity contribution in [3.05, 3.63) is 34.8 Å². The molecule has 2 heterocycles. The van der Waals surface area contributed by atoms with Crippen LogP contribution in [0.15, 0.2) is 27.6 Å². The van der Waals surface area contributed by atoms with Crippen molar-refractivity contribution in [2.75, 3.05) is 5.32 Å². The number of anilines is 1. The Morgan fingerprint density at radius 2 is 2.19 bits per heavy atom. The topological polar surface area (TPSA) is 63.8 Å². The molecule has 0 radical (unpaired) electrons. The van der Waals surface area contributed by atoms with Gasteiger partial charge >= 0.3 is 0 Å². The van der Waals surface area contributed by atoms with Crippen LogP contribution < -0.4 is 5.32 Å². The molecule has 1 N–H and O–H groups in total. The van der Waals surface area contributed by atoms with Gasteiger partial charge in [0.15, 0.2) is 0 Å². The molecule has 0 aliphatic rings. The minimum absolute atomic E-state index is 0.0418. The van der Waals surface area contributed by atoms with Crippen LogP contribution in [0.2, 0.25) is 0 Å². The summed E-state index contributed by atoms with van der Waals surface area (Å²) in [6.07, 6.45) is 4.87. The average Bonchev–Trinajstić information content (AvgIpc) is 2.68. The van der Waals surface area contributed by atoms with Crippen molar-refractivity contribution >= 4 is 21.7 Å². The second-order valence-corrected chi connectivity index (χ2v) is 4.25. The molecule has 0 saturated heterocycles. The molecule has 0 fully saturated rings. The van der Waals surface area contributed by atoms with Gasteiger partial charge in [-0.05, 0) is 29.8 Å². The van der Waals surface area contributed by atoms with Crippen LogP contribution >= 0.6 is 15.9 Å². The van der Waals surface area contributed by atoms with E-state index in [1.807, 2.05) is 13.8 Å². The third-order valence-electron chi connectivity index (χ3n) is 2.03. The van der Waals surface area contributed by atoms with E-state index in [0.29, 0.717) is 5.89 Å². The minimum Gasteiger partial charge on any atom is -0.444 e. The number of rotatable bonds is 3. The standard InChI is InChI=1S/C10H11BrN4O/c1-6-3-13-10(16-6)7(2)15-9-8(11)4-12-5-14-9/h3-5,7H,1-2H3,(H,12,14,15). The van der Waals surface area contributed by atoms with E-state index in [4.69, 9.17) is 4.42 Å². The lowest BCUT2D eigenvalue weighted by molar-refractivity contribution is 0.453. The van der Waals surface area contributed by atoms with Gasteiger partial charge in [0.2, 0.25) is 5.89 Å². The summed E-state index contributed by atoms with van der Waals surface area (Å²) in [6, 6.07) is -0.0418. The van der Waals surface area contributed by atoms with Gasteiger partial charge in [0.05, 0.1) is 10.7 Å². The van der Waals surface area contributed by atoms with E-state index in [-0.39, 0.29) is 6.04 Å². The number of hydrogen-bond donors (Lipinski definition) is 1. The second-order valence-electron chi connectivity index (χ2n) is 3.39. The van der Waals surface area contributed by atoms with Gasteiger partial charge in [-0.1, -0.05) is 0 Å². The first-order valence-corrected chi connectivity index (χ1v) is 5.60. The zero-order chi connectivity index (χ0) is 11.5. The Hall–Kier alpha value is -1.43. The van der Waals surface area contributed by atoms with Crippen LogP contribution in [0.5, 0.6) is 0 Å². The van der Waals surface area contributed by atoms with Gasteiger partial charge in [0, 0.05) is 6.20 Å². The molecule has 0 aliphatic carbocycles. The van der Waals surface area contributed by atoms with Crippen molar-refractivity contribution in [2.45, 2.75) is 19.9 Å². The van der Waals surface area contributed by atoms with E-state index in [1.165, 1.54) is 6.33 Å². The van der Waals surface area contributed by atoms with Crippen molar-refractivity contribution < 1.29 is 4.42 Å². The monoisotopic (exact) mass is 282 g/mol. The van der Waals surface area contributed by atoms with Gasteiger partial charge in [0.1, 0.15) is 23.9 Å². The summed E-state index contributed by atoms with van der Waals surface area (Å²) >= 11 is 3.36. The van der Waals surface area contributed by atoms with Gasteiger partial charge in [-0.2, -0.15) is 0 Å². The maximum Gasteiger partial charge on any atom is 0.216 e. The Morgan fingerprint density at radius 3 is 2.81 bits per heavy atom. The molecule has 0 saturated carbocycles. The summed E-state index contributed by atoms with van der Waals surface area (Å²) in [4.78, 5) is 12.2. The predicted molar refractivity (Wildman–Crippen MR) is 63.0 cm³/mol. The van der Waals surface area contributed by atoms with E-state index in [0.717, 1.165) is 16.1 Å². The van der Waals surface area contributed by atoms with Gasteiger partial charge < -0.3 is 9.73 Å². The molecule has 0 spiro atoms. The second kappa shape index (κ2) is 4.61. The maximum absolute atomic E-state index is 5.43. The van der Waals surface area contributed by atoms with E-state index in [2.05, 4.69) is 36.2 Å². The molecular formula is C10H11BrN4O. The molecule has 16 heavy (non-hydrogen) atoms. The molecule has 84 valence electrons.